The van der Waals surface area contributed by atoms with Crippen LogP contribution in [0.15, 0.2) is 22.7 Å². The topological polar surface area (TPSA) is 70.8 Å². The predicted octanol–water partition coefficient (Wildman–Crippen LogP) is 1.52. The third-order valence-electron chi connectivity index (χ3n) is 5.06. The highest BCUT2D eigenvalue weighted by molar-refractivity contribution is 5.95. The van der Waals surface area contributed by atoms with Crippen LogP contribution in [0.4, 0.5) is 0 Å². The maximum absolute atomic E-state index is 12.5. The molecule has 0 aliphatic carbocycles. The summed E-state index contributed by atoms with van der Waals surface area (Å²) < 4.78 is 11.3. The van der Waals surface area contributed by atoms with Gasteiger partial charge in [-0.1, -0.05) is 16.8 Å². The number of hydrogen-bond donors (Lipinski definition) is 1. The molecule has 7 nitrogen and oxygen atoms in total. The Morgan fingerprint density at radius 1 is 1.27 bits per heavy atom. The van der Waals surface area contributed by atoms with E-state index in [9.17, 15) is 4.79 Å². The van der Waals surface area contributed by atoms with Crippen LogP contribution in [0.25, 0.3) is 11.3 Å². The Hall–Kier alpha value is -2.38. The number of carbonyl (C=O) groups excluding carboxylic acids is 1. The zero-order valence-electron chi connectivity index (χ0n) is 15.2. The van der Waals surface area contributed by atoms with Crippen LogP contribution in [0.1, 0.15) is 21.6 Å². The molecule has 1 N–H and O–H groups in total. The minimum absolute atomic E-state index is 0.205. The lowest BCUT2D eigenvalue weighted by molar-refractivity contribution is 0.0930. The second kappa shape index (κ2) is 7.09. The molecule has 0 bridgehead atoms. The molecule has 7 heteroatoms. The molecular weight excluding hydrogens is 332 g/mol. The van der Waals surface area contributed by atoms with E-state index in [1.807, 2.05) is 25.1 Å². The number of piperazine rings is 1. The van der Waals surface area contributed by atoms with Gasteiger partial charge in [0.25, 0.3) is 5.91 Å². The van der Waals surface area contributed by atoms with Crippen molar-refractivity contribution in [2.75, 3.05) is 46.3 Å². The molecule has 1 fully saturated rings. The minimum Gasteiger partial charge on any atom is -0.488 e. The van der Waals surface area contributed by atoms with Crippen LogP contribution in [0, 0.1) is 6.92 Å². The maximum atomic E-state index is 12.5. The number of nitrogens with zero attached hydrogens (tertiary/aromatic N) is 3. The Kier molecular flexibility index (Phi) is 4.65. The molecule has 138 valence electrons. The lowest BCUT2D eigenvalue weighted by Gasteiger charge is -2.32. The van der Waals surface area contributed by atoms with Crippen LogP contribution in [-0.2, 0) is 6.61 Å². The van der Waals surface area contributed by atoms with Crippen molar-refractivity contribution in [2.24, 2.45) is 0 Å². The molecule has 0 saturated carbocycles. The highest BCUT2D eigenvalue weighted by Crippen LogP contribution is 2.39. The molecular formula is C19H24N4O3. The summed E-state index contributed by atoms with van der Waals surface area (Å²) in [6.07, 6.45) is 0. The number of ether oxygens (including phenoxy) is 1. The quantitative estimate of drug-likeness (QED) is 0.896. The number of amides is 1. The van der Waals surface area contributed by atoms with Gasteiger partial charge in [-0.05, 0) is 26.1 Å². The van der Waals surface area contributed by atoms with E-state index in [0.29, 0.717) is 24.6 Å². The van der Waals surface area contributed by atoms with Crippen molar-refractivity contribution in [1.29, 1.82) is 0 Å². The number of rotatable bonds is 4. The molecule has 1 saturated heterocycles. The monoisotopic (exact) mass is 356 g/mol. The summed E-state index contributed by atoms with van der Waals surface area (Å²) in [5.74, 6) is 1.20. The number of hydrogen-bond acceptors (Lipinski definition) is 6. The van der Waals surface area contributed by atoms with Gasteiger partial charge < -0.3 is 19.5 Å². The lowest BCUT2D eigenvalue weighted by Crippen LogP contribution is -2.47. The highest BCUT2D eigenvalue weighted by Gasteiger charge is 2.28. The van der Waals surface area contributed by atoms with Crippen LogP contribution in [0.5, 0.6) is 5.75 Å². The van der Waals surface area contributed by atoms with Crippen LogP contribution >= 0.6 is 0 Å². The number of aryl methyl sites for hydroxylation is 1. The molecule has 0 spiro atoms. The molecule has 3 heterocycles. The minimum atomic E-state index is -0.205. The van der Waals surface area contributed by atoms with E-state index in [2.05, 4.69) is 27.3 Å². The Morgan fingerprint density at radius 2 is 2.08 bits per heavy atom. The molecule has 26 heavy (non-hydrogen) atoms. The van der Waals surface area contributed by atoms with Gasteiger partial charge in [-0.3, -0.25) is 9.69 Å². The van der Waals surface area contributed by atoms with Crippen molar-refractivity contribution in [3.8, 4) is 17.1 Å². The summed E-state index contributed by atoms with van der Waals surface area (Å²) >= 11 is 0. The van der Waals surface area contributed by atoms with Gasteiger partial charge in [0, 0.05) is 39.3 Å². The first kappa shape index (κ1) is 17.1. The van der Waals surface area contributed by atoms with Gasteiger partial charge >= 0.3 is 0 Å². The SMILES string of the molecule is Cc1ccc2c(c1)-c1onc(C(=O)NCCN3CCN(C)CC3)c1CO2. The second-order valence-corrected chi connectivity index (χ2v) is 7.03. The zero-order chi connectivity index (χ0) is 18.1. The number of nitrogens with one attached hydrogen (secondary N) is 1. The van der Waals surface area contributed by atoms with E-state index >= 15 is 0 Å². The fourth-order valence-electron chi connectivity index (χ4n) is 3.41. The summed E-state index contributed by atoms with van der Waals surface area (Å²) in [5.41, 5.74) is 3.01. The Balaban J connectivity index is 1.41. The van der Waals surface area contributed by atoms with E-state index in [4.69, 9.17) is 9.26 Å². The standard InChI is InChI=1S/C19H24N4O3/c1-13-3-4-16-14(11-13)18-15(12-25-16)17(21-26-18)19(24)20-5-6-23-9-7-22(2)8-10-23/h3-4,11H,5-10,12H2,1-2H3,(H,20,24). The first-order valence-electron chi connectivity index (χ1n) is 9.03. The van der Waals surface area contributed by atoms with Gasteiger partial charge in [-0.2, -0.15) is 0 Å². The molecule has 2 aliphatic rings. The van der Waals surface area contributed by atoms with E-state index in [0.717, 1.165) is 55.2 Å². The first-order chi connectivity index (χ1) is 12.6. The second-order valence-electron chi connectivity index (χ2n) is 7.03. The average molecular weight is 356 g/mol. The van der Waals surface area contributed by atoms with Crippen molar-refractivity contribution in [1.82, 2.24) is 20.3 Å². The number of benzene rings is 1. The summed E-state index contributed by atoms with van der Waals surface area (Å²) in [6, 6.07) is 5.91. The summed E-state index contributed by atoms with van der Waals surface area (Å²) in [5, 5.41) is 6.97. The van der Waals surface area contributed by atoms with Crippen LogP contribution in [0.2, 0.25) is 0 Å². The van der Waals surface area contributed by atoms with Gasteiger partial charge in [-0.15, -0.1) is 0 Å². The fraction of sp³-hybridized carbons (Fsp3) is 0.474. The van der Waals surface area contributed by atoms with Crippen LogP contribution in [-0.4, -0.2) is 67.2 Å². The van der Waals surface area contributed by atoms with Crippen molar-refractivity contribution in [3.63, 3.8) is 0 Å². The highest BCUT2D eigenvalue weighted by atomic mass is 16.5. The maximum Gasteiger partial charge on any atom is 0.273 e. The fourth-order valence-corrected chi connectivity index (χ4v) is 3.41. The predicted molar refractivity (Wildman–Crippen MR) is 97.3 cm³/mol. The molecule has 0 atom stereocenters. The van der Waals surface area contributed by atoms with Gasteiger partial charge in [0.05, 0.1) is 11.1 Å². The van der Waals surface area contributed by atoms with E-state index < -0.39 is 0 Å². The lowest BCUT2D eigenvalue weighted by atomic mass is 10.0. The molecule has 2 aromatic rings. The third-order valence-corrected chi connectivity index (χ3v) is 5.06. The molecule has 0 radical (unpaired) electrons. The van der Waals surface area contributed by atoms with Crippen LogP contribution < -0.4 is 10.1 Å². The number of likely N-dealkylation sites (N-methyl/N-ethyl adjacent to an activating group) is 1. The molecule has 1 aromatic carbocycles. The largest absolute Gasteiger partial charge is 0.488 e. The van der Waals surface area contributed by atoms with Gasteiger partial charge in [-0.25, -0.2) is 0 Å². The van der Waals surface area contributed by atoms with Gasteiger partial charge in [0.1, 0.15) is 12.4 Å². The average Bonchev–Trinajstić information content (AvgIpc) is 3.08. The van der Waals surface area contributed by atoms with Crippen molar-refractivity contribution in [2.45, 2.75) is 13.5 Å². The number of fused-ring (bicyclic) bond motifs is 3. The van der Waals surface area contributed by atoms with Crippen LogP contribution in [0.3, 0.4) is 0 Å². The number of carbonyl (C=O) groups is 1. The molecule has 1 amide bonds. The molecule has 1 aromatic heterocycles. The Labute approximate surface area is 152 Å². The van der Waals surface area contributed by atoms with Gasteiger partial charge in [0.15, 0.2) is 11.5 Å². The summed E-state index contributed by atoms with van der Waals surface area (Å²) in [7, 11) is 2.13. The van der Waals surface area contributed by atoms with Crippen molar-refractivity contribution >= 4 is 5.91 Å². The smallest absolute Gasteiger partial charge is 0.273 e. The van der Waals surface area contributed by atoms with E-state index in [1.165, 1.54) is 0 Å². The normalized spacial score (nSPS) is 17.3. The van der Waals surface area contributed by atoms with Crippen molar-refractivity contribution < 1.29 is 14.1 Å². The molecule has 2 aliphatic heterocycles. The Morgan fingerprint density at radius 3 is 2.88 bits per heavy atom. The number of aromatic nitrogens is 1. The Bertz CT molecular complexity index is 809. The molecule has 4 rings (SSSR count). The van der Waals surface area contributed by atoms with E-state index in [-0.39, 0.29) is 5.91 Å². The first-order valence-corrected chi connectivity index (χ1v) is 9.03. The van der Waals surface area contributed by atoms with E-state index in [1.54, 1.807) is 0 Å². The van der Waals surface area contributed by atoms with Crippen molar-refractivity contribution in [3.05, 3.63) is 35.0 Å². The van der Waals surface area contributed by atoms with Gasteiger partial charge in [0.2, 0.25) is 0 Å². The summed E-state index contributed by atoms with van der Waals surface area (Å²) in [4.78, 5) is 17.2. The molecule has 0 unspecified atom stereocenters. The zero-order valence-corrected chi connectivity index (χ0v) is 15.2. The summed E-state index contributed by atoms with van der Waals surface area (Å²) in [6.45, 7) is 7.97. The third kappa shape index (κ3) is 3.32.